The van der Waals surface area contributed by atoms with Gasteiger partial charge < -0.3 is 24.2 Å². The van der Waals surface area contributed by atoms with E-state index in [2.05, 4.69) is 4.90 Å². The van der Waals surface area contributed by atoms with E-state index in [1.807, 2.05) is 66.7 Å². The number of carbonyl (C=O) groups is 1. The molecule has 37 heavy (non-hydrogen) atoms. The maximum Gasteiger partial charge on any atom is 0.161 e. The van der Waals surface area contributed by atoms with Crippen molar-refractivity contribution in [1.29, 1.82) is 0 Å². The Kier molecular flexibility index (Phi) is 8.07. The molecular formula is C31H35NO5. The van der Waals surface area contributed by atoms with Crippen LogP contribution in [0.3, 0.4) is 0 Å². The van der Waals surface area contributed by atoms with Crippen LogP contribution in [0.15, 0.2) is 66.7 Å². The van der Waals surface area contributed by atoms with Gasteiger partial charge >= 0.3 is 0 Å². The number of ether oxygens (including phenoxy) is 3. The monoisotopic (exact) mass is 501 g/mol. The molecule has 0 radical (unpaired) electrons. The lowest BCUT2D eigenvalue weighted by atomic mass is 9.89. The molecule has 0 amide bonds. The number of methoxy groups -OCH3 is 1. The second kappa shape index (κ2) is 11.8. The second-order valence-corrected chi connectivity index (χ2v) is 9.96. The van der Waals surface area contributed by atoms with Crippen LogP contribution in [0.1, 0.15) is 36.5 Å². The van der Waals surface area contributed by atoms with E-state index in [4.69, 9.17) is 14.2 Å². The summed E-state index contributed by atoms with van der Waals surface area (Å²) in [4.78, 5) is 15.6. The molecule has 0 aliphatic carbocycles. The SMILES string of the molecule is COc1cccc(-c2ccc(CC(=O)C[C@H](CN3CCCC3)[C@H](O)c3ccc4c(c3)OCCO4)cc2)c1. The van der Waals surface area contributed by atoms with E-state index < -0.39 is 6.10 Å². The van der Waals surface area contributed by atoms with E-state index in [9.17, 15) is 9.90 Å². The van der Waals surface area contributed by atoms with Gasteiger partial charge in [-0.15, -0.1) is 0 Å². The lowest BCUT2D eigenvalue weighted by Crippen LogP contribution is -2.32. The molecule has 5 rings (SSSR count). The normalized spacial score (nSPS) is 16.8. The first-order valence-electron chi connectivity index (χ1n) is 13.1. The Hall–Kier alpha value is -3.35. The number of hydrogen-bond acceptors (Lipinski definition) is 6. The maximum absolute atomic E-state index is 13.2. The third-order valence-corrected chi connectivity index (χ3v) is 7.29. The van der Waals surface area contributed by atoms with Crippen molar-refractivity contribution >= 4 is 5.78 Å². The summed E-state index contributed by atoms with van der Waals surface area (Å²) in [5.41, 5.74) is 3.90. The number of benzene rings is 3. The Bertz CT molecular complexity index is 1200. The minimum atomic E-state index is -0.754. The summed E-state index contributed by atoms with van der Waals surface area (Å²) < 4.78 is 16.7. The van der Waals surface area contributed by atoms with Crippen molar-refractivity contribution in [1.82, 2.24) is 4.90 Å². The number of rotatable bonds is 10. The molecule has 1 N–H and O–H groups in total. The number of ketones is 1. The maximum atomic E-state index is 13.2. The van der Waals surface area contributed by atoms with Crippen molar-refractivity contribution in [2.24, 2.45) is 5.92 Å². The summed E-state index contributed by atoms with van der Waals surface area (Å²) in [5.74, 6) is 2.12. The quantitative estimate of drug-likeness (QED) is 0.418. The molecule has 6 nitrogen and oxygen atoms in total. The van der Waals surface area contributed by atoms with E-state index >= 15 is 0 Å². The van der Waals surface area contributed by atoms with Gasteiger partial charge in [0.05, 0.1) is 13.2 Å². The van der Waals surface area contributed by atoms with Crippen LogP contribution in [0.5, 0.6) is 17.2 Å². The number of nitrogens with zero attached hydrogens (tertiary/aromatic N) is 1. The molecule has 1 fully saturated rings. The third kappa shape index (κ3) is 6.32. The molecule has 2 aliphatic heterocycles. The van der Waals surface area contributed by atoms with Crippen molar-refractivity contribution in [3.63, 3.8) is 0 Å². The van der Waals surface area contributed by atoms with Crippen LogP contribution in [0.2, 0.25) is 0 Å². The first-order valence-corrected chi connectivity index (χ1v) is 13.1. The van der Waals surface area contributed by atoms with Crippen LogP contribution in [-0.4, -0.2) is 55.7 Å². The molecule has 3 aromatic carbocycles. The van der Waals surface area contributed by atoms with Crippen molar-refractivity contribution in [2.45, 2.75) is 31.8 Å². The average Bonchev–Trinajstić information content (AvgIpc) is 3.45. The van der Waals surface area contributed by atoms with E-state index in [0.717, 1.165) is 41.1 Å². The Morgan fingerprint density at radius 3 is 2.46 bits per heavy atom. The van der Waals surface area contributed by atoms with Gasteiger partial charge in [-0.3, -0.25) is 4.79 Å². The lowest BCUT2D eigenvalue weighted by Gasteiger charge is -2.28. The topological polar surface area (TPSA) is 68.2 Å². The van der Waals surface area contributed by atoms with E-state index in [-0.39, 0.29) is 11.7 Å². The van der Waals surface area contributed by atoms with Crippen molar-refractivity contribution in [3.8, 4) is 28.4 Å². The Morgan fingerprint density at radius 2 is 1.70 bits per heavy atom. The first-order chi connectivity index (χ1) is 18.1. The summed E-state index contributed by atoms with van der Waals surface area (Å²) in [6.45, 7) is 3.77. The highest BCUT2D eigenvalue weighted by Crippen LogP contribution is 2.36. The summed E-state index contributed by atoms with van der Waals surface area (Å²) in [6.07, 6.45) is 2.25. The molecule has 0 aromatic heterocycles. The van der Waals surface area contributed by atoms with Gasteiger partial charge in [0, 0.05) is 25.3 Å². The van der Waals surface area contributed by atoms with Crippen LogP contribution >= 0.6 is 0 Å². The van der Waals surface area contributed by atoms with Gasteiger partial charge in [0.1, 0.15) is 24.7 Å². The van der Waals surface area contributed by atoms with Gasteiger partial charge in [-0.05, 0) is 72.5 Å². The van der Waals surface area contributed by atoms with Crippen molar-refractivity contribution in [2.75, 3.05) is 40.0 Å². The minimum Gasteiger partial charge on any atom is -0.497 e. The van der Waals surface area contributed by atoms with Gasteiger partial charge in [0.15, 0.2) is 11.5 Å². The van der Waals surface area contributed by atoms with Gasteiger partial charge in [-0.2, -0.15) is 0 Å². The number of likely N-dealkylation sites (tertiary alicyclic amines) is 1. The molecule has 0 spiro atoms. The highest BCUT2D eigenvalue weighted by molar-refractivity contribution is 5.81. The van der Waals surface area contributed by atoms with Crippen LogP contribution in [0, 0.1) is 5.92 Å². The van der Waals surface area contributed by atoms with Crippen molar-refractivity contribution in [3.05, 3.63) is 77.9 Å². The van der Waals surface area contributed by atoms with Crippen molar-refractivity contribution < 1.29 is 24.1 Å². The summed E-state index contributed by atoms with van der Waals surface area (Å²) in [7, 11) is 1.66. The van der Waals surface area contributed by atoms with E-state index in [1.165, 1.54) is 12.8 Å². The predicted molar refractivity (Wildman–Crippen MR) is 143 cm³/mol. The van der Waals surface area contributed by atoms with E-state index in [1.54, 1.807) is 7.11 Å². The van der Waals surface area contributed by atoms with Gasteiger partial charge in [0.25, 0.3) is 0 Å². The molecule has 3 aromatic rings. The molecule has 0 saturated carbocycles. The Morgan fingerprint density at radius 1 is 0.946 bits per heavy atom. The summed E-state index contributed by atoms with van der Waals surface area (Å²) in [5, 5.41) is 11.4. The van der Waals surface area contributed by atoms with Gasteiger partial charge in [-0.1, -0.05) is 42.5 Å². The number of aliphatic hydroxyl groups is 1. The zero-order chi connectivity index (χ0) is 25.6. The summed E-state index contributed by atoms with van der Waals surface area (Å²) >= 11 is 0. The second-order valence-electron chi connectivity index (χ2n) is 9.96. The third-order valence-electron chi connectivity index (χ3n) is 7.29. The van der Waals surface area contributed by atoms with Crippen LogP contribution in [-0.2, 0) is 11.2 Å². The smallest absolute Gasteiger partial charge is 0.161 e. The zero-order valence-corrected chi connectivity index (χ0v) is 21.4. The molecule has 1 saturated heterocycles. The molecule has 0 bridgehead atoms. The van der Waals surface area contributed by atoms with Crippen LogP contribution in [0.4, 0.5) is 0 Å². The van der Waals surface area contributed by atoms with Crippen LogP contribution < -0.4 is 14.2 Å². The highest BCUT2D eigenvalue weighted by atomic mass is 16.6. The Labute approximate surface area is 218 Å². The fourth-order valence-corrected chi connectivity index (χ4v) is 5.30. The number of Topliss-reactive ketones (excluding diaryl/α,β-unsaturated/α-hetero) is 1. The van der Waals surface area contributed by atoms with Gasteiger partial charge in [-0.25, -0.2) is 0 Å². The molecule has 6 heteroatoms. The molecule has 2 aliphatic rings. The number of carbonyl (C=O) groups excluding carboxylic acids is 1. The number of aliphatic hydroxyl groups excluding tert-OH is 1. The summed E-state index contributed by atoms with van der Waals surface area (Å²) in [6, 6.07) is 21.7. The minimum absolute atomic E-state index is 0.134. The van der Waals surface area contributed by atoms with Crippen LogP contribution in [0.25, 0.3) is 11.1 Å². The number of hydrogen-bond donors (Lipinski definition) is 1. The Balaban J connectivity index is 1.27. The fraction of sp³-hybridized carbons (Fsp3) is 0.387. The molecular weight excluding hydrogens is 466 g/mol. The average molecular weight is 502 g/mol. The predicted octanol–water partition coefficient (Wildman–Crippen LogP) is 5.08. The van der Waals surface area contributed by atoms with Gasteiger partial charge in [0.2, 0.25) is 0 Å². The lowest BCUT2D eigenvalue weighted by molar-refractivity contribution is -0.120. The molecule has 2 heterocycles. The molecule has 2 atom stereocenters. The highest BCUT2D eigenvalue weighted by Gasteiger charge is 2.28. The number of fused-ring (bicyclic) bond motifs is 1. The standard InChI is InChI=1S/C31H35NO5/c1-35-28-6-4-5-24(19-28)23-9-7-22(8-10-23)17-27(33)18-26(21-32-13-2-3-14-32)31(34)25-11-12-29-30(20-25)37-16-15-36-29/h4-12,19-20,26,31,34H,2-3,13-18,21H2,1H3/t26-,31-/m1/s1. The largest absolute Gasteiger partial charge is 0.497 e. The molecule has 0 unspecified atom stereocenters. The van der Waals surface area contributed by atoms with E-state index in [0.29, 0.717) is 44.1 Å². The molecule has 194 valence electrons. The first kappa shape index (κ1) is 25.3. The zero-order valence-electron chi connectivity index (χ0n) is 21.4. The fourth-order valence-electron chi connectivity index (χ4n) is 5.30.